The van der Waals surface area contributed by atoms with Gasteiger partial charge in [0.1, 0.15) is 0 Å². The van der Waals surface area contributed by atoms with Crippen LogP contribution >= 0.6 is 27.7 Å². The summed E-state index contributed by atoms with van der Waals surface area (Å²) >= 11 is 4.73. The number of benzene rings is 1. The van der Waals surface area contributed by atoms with E-state index in [9.17, 15) is 4.79 Å². The zero-order chi connectivity index (χ0) is 15.7. The molecule has 2 aromatic rings. The zero-order valence-electron chi connectivity index (χ0n) is 12.0. The maximum atomic E-state index is 12.0. The molecule has 3 rings (SSSR count). The van der Waals surface area contributed by atoms with Crippen LogP contribution in [-0.2, 0) is 4.79 Å². The van der Waals surface area contributed by atoms with E-state index in [0.29, 0.717) is 17.0 Å². The van der Waals surface area contributed by atoms with Gasteiger partial charge in [0.15, 0.2) is 5.82 Å². The van der Waals surface area contributed by atoms with Gasteiger partial charge in [0.25, 0.3) is 0 Å². The summed E-state index contributed by atoms with van der Waals surface area (Å²) in [5.41, 5.74) is 0.867. The number of aromatic nitrogens is 3. The minimum atomic E-state index is -0.262. The molecule has 0 bridgehead atoms. The van der Waals surface area contributed by atoms with Gasteiger partial charge in [-0.3, -0.25) is 4.79 Å². The monoisotopic (exact) mass is 381 g/mol. The summed E-state index contributed by atoms with van der Waals surface area (Å²) in [5, 5.41) is 11.5. The molecule has 1 atom stereocenters. The van der Waals surface area contributed by atoms with E-state index in [-0.39, 0.29) is 11.2 Å². The van der Waals surface area contributed by atoms with Gasteiger partial charge < -0.3 is 11.2 Å². The number of hydrogen-bond donors (Lipinski definition) is 2. The summed E-state index contributed by atoms with van der Waals surface area (Å²) in [4.78, 5) is 12.0. The molecular formula is C14H16BrN5OS. The van der Waals surface area contributed by atoms with Gasteiger partial charge >= 0.3 is 0 Å². The molecule has 8 heteroatoms. The number of halogens is 1. The number of amides is 1. The van der Waals surface area contributed by atoms with E-state index in [1.165, 1.54) is 16.4 Å². The van der Waals surface area contributed by atoms with Crippen LogP contribution in [-0.4, -0.2) is 32.1 Å². The van der Waals surface area contributed by atoms with E-state index in [4.69, 9.17) is 5.84 Å². The highest BCUT2D eigenvalue weighted by atomic mass is 79.9. The molecule has 3 N–H and O–H groups in total. The fourth-order valence-electron chi connectivity index (χ4n) is 1.94. The van der Waals surface area contributed by atoms with Crippen molar-refractivity contribution in [3.63, 3.8) is 0 Å². The van der Waals surface area contributed by atoms with Crippen LogP contribution < -0.4 is 11.2 Å². The molecule has 1 heterocycles. The van der Waals surface area contributed by atoms with Crippen molar-refractivity contribution < 1.29 is 4.79 Å². The largest absolute Gasteiger partial charge is 0.352 e. The van der Waals surface area contributed by atoms with Crippen molar-refractivity contribution in [2.24, 2.45) is 0 Å². The van der Waals surface area contributed by atoms with Crippen LogP contribution in [0.2, 0.25) is 0 Å². The minimum Gasteiger partial charge on any atom is -0.352 e. The Morgan fingerprint density at radius 2 is 2.27 bits per heavy atom. The van der Waals surface area contributed by atoms with Crippen molar-refractivity contribution in [2.75, 3.05) is 5.84 Å². The number of carbonyl (C=O) groups excluding carboxylic acids is 1. The Kier molecular flexibility index (Phi) is 4.39. The van der Waals surface area contributed by atoms with Crippen LogP contribution in [0.3, 0.4) is 0 Å². The Hall–Kier alpha value is -1.54. The van der Waals surface area contributed by atoms with Gasteiger partial charge in [0.2, 0.25) is 11.1 Å². The highest BCUT2D eigenvalue weighted by Gasteiger charge is 2.27. The Morgan fingerprint density at radius 3 is 2.95 bits per heavy atom. The summed E-state index contributed by atoms with van der Waals surface area (Å²) in [5.74, 6) is 6.65. The first-order valence-electron chi connectivity index (χ1n) is 6.98. The quantitative estimate of drug-likeness (QED) is 0.612. The molecular weight excluding hydrogens is 366 g/mol. The van der Waals surface area contributed by atoms with Gasteiger partial charge in [0.05, 0.1) is 5.25 Å². The summed E-state index contributed by atoms with van der Waals surface area (Å²) in [7, 11) is 0. The first kappa shape index (κ1) is 15.4. The number of rotatable bonds is 5. The fraction of sp³-hybridized carbons (Fsp3) is 0.357. The van der Waals surface area contributed by atoms with Gasteiger partial charge in [-0.25, -0.2) is 4.68 Å². The molecule has 1 aliphatic carbocycles. The van der Waals surface area contributed by atoms with Crippen LogP contribution in [0.4, 0.5) is 0 Å². The van der Waals surface area contributed by atoms with E-state index < -0.39 is 0 Å². The SMILES string of the molecule is C[C@H](Sc1nnc(-c2cccc(Br)c2)n1N)C(=O)NC1CC1. The van der Waals surface area contributed by atoms with Crippen LogP contribution in [0.5, 0.6) is 0 Å². The van der Waals surface area contributed by atoms with E-state index in [0.717, 1.165) is 22.9 Å². The zero-order valence-corrected chi connectivity index (χ0v) is 14.4. The van der Waals surface area contributed by atoms with Gasteiger partial charge in [-0.15, -0.1) is 10.2 Å². The summed E-state index contributed by atoms with van der Waals surface area (Å²) in [6.07, 6.45) is 2.15. The van der Waals surface area contributed by atoms with Crippen molar-refractivity contribution in [1.82, 2.24) is 20.2 Å². The molecule has 1 aliphatic rings. The summed E-state index contributed by atoms with van der Waals surface area (Å²) < 4.78 is 2.37. The van der Waals surface area contributed by atoms with E-state index in [2.05, 4.69) is 31.4 Å². The maximum Gasteiger partial charge on any atom is 0.233 e. The second kappa shape index (κ2) is 6.29. The highest BCUT2D eigenvalue weighted by molar-refractivity contribution is 9.10. The fourth-order valence-corrected chi connectivity index (χ4v) is 3.12. The number of nitrogens with one attached hydrogen (secondary N) is 1. The summed E-state index contributed by atoms with van der Waals surface area (Å²) in [6.45, 7) is 1.84. The van der Waals surface area contributed by atoms with Crippen LogP contribution in [0.25, 0.3) is 11.4 Å². The van der Waals surface area contributed by atoms with Crippen molar-refractivity contribution in [3.05, 3.63) is 28.7 Å². The number of thioether (sulfide) groups is 1. The first-order chi connectivity index (χ1) is 10.5. The molecule has 0 radical (unpaired) electrons. The Balaban J connectivity index is 1.74. The molecule has 116 valence electrons. The lowest BCUT2D eigenvalue weighted by molar-refractivity contribution is -0.120. The number of carbonyl (C=O) groups is 1. The molecule has 1 aromatic carbocycles. The third-order valence-corrected chi connectivity index (χ3v) is 4.87. The van der Waals surface area contributed by atoms with Gasteiger partial charge in [-0.2, -0.15) is 0 Å². The second-order valence-corrected chi connectivity index (χ2v) is 7.45. The third-order valence-electron chi connectivity index (χ3n) is 3.32. The molecule has 1 saturated carbocycles. The topological polar surface area (TPSA) is 85.8 Å². The molecule has 1 aromatic heterocycles. The van der Waals surface area contributed by atoms with Gasteiger partial charge in [-0.05, 0) is 31.9 Å². The standard InChI is InChI=1S/C14H16BrN5OS/c1-8(13(21)17-11-5-6-11)22-14-19-18-12(20(14)16)9-3-2-4-10(15)7-9/h2-4,7-8,11H,5-6,16H2,1H3,(H,17,21)/t8-/m0/s1. The number of nitrogens with two attached hydrogens (primary N) is 1. The summed E-state index contributed by atoms with van der Waals surface area (Å²) in [6, 6.07) is 8.03. The second-order valence-electron chi connectivity index (χ2n) is 5.23. The molecule has 1 fully saturated rings. The lowest BCUT2D eigenvalue weighted by Gasteiger charge is -2.10. The average Bonchev–Trinajstić information content (AvgIpc) is 3.23. The Morgan fingerprint density at radius 1 is 1.50 bits per heavy atom. The molecule has 0 aliphatic heterocycles. The predicted octanol–water partition coefficient (Wildman–Crippen LogP) is 2.18. The van der Waals surface area contributed by atoms with E-state index >= 15 is 0 Å². The third kappa shape index (κ3) is 3.44. The van der Waals surface area contributed by atoms with Crippen LogP contribution in [0, 0.1) is 0 Å². The van der Waals surface area contributed by atoms with Gasteiger partial charge in [0, 0.05) is 16.1 Å². The molecule has 1 amide bonds. The normalized spacial score (nSPS) is 15.5. The highest BCUT2D eigenvalue weighted by Crippen LogP contribution is 2.27. The molecule has 0 saturated heterocycles. The van der Waals surface area contributed by atoms with Crippen molar-refractivity contribution >= 4 is 33.6 Å². The number of nitrogen functional groups attached to an aromatic ring is 1. The number of hydrogen-bond acceptors (Lipinski definition) is 5. The smallest absolute Gasteiger partial charge is 0.233 e. The van der Waals surface area contributed by atoms with Crippen molar-refractivity contribution in [1.29, 1.82) is 0 Å². The first-order valence-corrected chi connectivity index (χ1v) is 8.65. The lowest BCUT2D eigenvalue weighted by Crippen LogP contribution is -2.32. The molecule has 0 spiro atoms. The van der Waals surface area contributed by atoms with Crippen molar-refractivity contribution in [2.45, 2.75) is 36.2 Å². The predicted molar refractivity (Wildman–Crippen MR) is 89.8 cm³/mol. The Labute approximate surface area is 141 Å². The number of nitrogens with zero attached hydrogens (tertiary/aromatic N) is 3. The van der Waals surface area contributed by atoms with Crippen LogP contribution in [0.1, 0.15) is 19.8 Å². The minimum absolute atomic E-state index is 0.0134. The maximum absolute atomic E-state index is 12.0. The van der Waals surface area contributed by atoms with Gasteiger partial charge in [-0.1, -0.05) is 39.8 Å². The van der Waals surface area contributed by atoms with E-state index in [1.807, 2.05) is 31.2 Å². The Bertz CT molecular complexity index is 700. The lowest BCUT2D eigenvalue weighted by atomic mass is 10.2. The average molecular weight is 382 g/mol. The van der Waals surface area contributed by atoms with Crippen molar-refractivity contribution in [3.8, 4) is 11.4 Å². The molecule has 6 nitrogen and oxygen atoms in total. The molecule has 0 unspecified atom stereocenters. The van der Waals surface area contributed by atoms with E-state index in [1.54, 1.807) is 0 Å². The molecule has 22 heavy (non-hydrogen) atoms. The van der Waals surface area contributed by atoms with Crippen LogP contribution in [0.15, 0.2) is 33.9 Å².